The molecule has 0 spiro atoms. The number of para-hydroxylation sites is 3. The molecule has 0 radical (unpaired) electrons. The van der Waals surface area contributed by atoms with Gasteiger partial charge in [0.05, 0.1) is 27.8 Å². The van der Waals surface area contributed by atoms with Crippen LogP contribution in [0, 0.1) is 0 Å². The first kappa shape index (κ1) is 26.1. The molecule has 48 heavy (non-hydrogen) atoms. The summed E-state index contributed by atoms with van der Waals surface area (Å²) in [6, 6.07) is 53.0. The largest absolute Gasteiger partial charge is 0.308 e. The molecule has 0 unspecified atom stereocenters. The lowest BCUT2D eigenvalue weighted by Crippen LogP contribution is -2.08. The van der Waals surface area contributed by atoms with Gasteiger partial charge in [0.25, 0.3) is 0 Å². The Hall–Kier alpha value is -6.06. The molecule has 10 aromatic rings. The summed E-state index contributed by atoms with van der Waals surface area (Å²) >= 11 is 0. The smallest absolute Gasteiger partial charge is 0.160 e. The van der Waals surface area contributed by atoms with Crippen molar-refractivity contribution in [3.63, 3.8) is 0 Å². The van der Waals surface area contributed by atoms with Crippen LogP contribution in [-0.4, -0.2) is 14.4 Å². The van der Waals surface area contributed by atoms with Crippen molar-refractivity contribution in [2.24, 2.45) is 0 Å². The fourth-order valence-corrected chi connectivity index (χ4v) is 8.78. The minimum atomic E-state index is 0.0542. The average molecular weight is 612 g/mol. The molecule has 224 valence electrons. The van der Waals surface area contributed by atoms with Crippen molar-refractivity contribution in [1.29, 1.82) is 0 Å². The van der Waals surface area contributed by atoms with Crippen LogP contribution in [-0.2, 0) is 6.42 Å². The second-order valence-corrected chi connectivity index (χ2v) is 13.2. The van der Waals surface area contributed by atoms with E-state index in [1.165, 1.54) is 71.1 Å². The predicted molar refractivity (Wildman–Crippen MR) is 199 cm³/mol. The minimum Gasteiger partial charge on any atom is -0.308 e. The minimum absolute atomic E-state index is 0.0542. The fraction of sp³-hybridized carbons (Fsp3) is 0.0667. The van der Waals surface area contributed by atoms with Crippen molar-refractivity contribution in [3.05, 3.63) is 162 Å². The van der Waals surface area contributed by atoms with E-state index in [0.717, 1.165) is 40.8 Å². The normalized spacial score (nSPS) is 14.7. The van der Waals surface area contributed by atoms with Crippen LogP contribution < -0.4 is 0 Å². The lowest BCUT2D eigenvalue weighted by atomic mass is 9.83. The van der Waals surface area contributed by atoms with Crippen LogP contribution in [0.2, 0.25) is 0 Å². The summed E-state index contributed by atoms with van der Waals surface area (Å²) in [5, 5.41) is 9.03. The first-order valence-electron chi connectivity index (χ1n) is 16.9. The highest BCUT2D eigenvalue weighted by molar-refractivity contribution is 6.26. The van der Waals surface area contributed by atoms with Crippen molar-refractivity contribution in [3.8, 4) is 22.5 Å². The molecule has 7 aromatic carbocycles. The van der Waals surface area contributed by atoms with Gasteiger partial charge in [0, 0.05) is 38.4 Å². The second-order valence-electron chi connectivity index (χ2n) is 13.2. The van der Waals surface area contributed by atoms with Crippen molar-refractivity contribution < 1.29 is 0 Å². The van der Waals surface area contributed by atoms with Crippen molar-refractivity contribution in [2.75, 3.05) is 0 Å². The number of benzene rings is 7. The van der Waals surface area contributed by atoms with E-state index in [2.05, 4.69) is 150 Å². The summed E-state index contributed by atoms with van der Waals surface area (Å²) in [5.41, 5.74) is 12.4. The summed E-state index contributed by atoms with van der Waals surface area (Å²) in [7, 11) is 0. The van der Waals surface area contributed by atoms with Crippen LogP contribution in [0.1, 0.15) is 29.2 Å². The Morgan fingerprint density at radius 3 is 2.08 bits per heavy atom. The lowest BCUT2D eigenvalue weighted by Gasteiger charge is -2.22. The number of rotatable bonds is 2. The fourth-order valence-electron chi connectivity index (χ4n) is 8.78. The molecule has 1 atom stereocenters. The number of aryl methyl sites for hydroxylation is 1. The third kappa shape index (κ3) is 3.48. The summed E-state index contributed by atoms with van der Waals surface area (Å²) in [4.78, 5) is 10.6. The zero-order chi connectivity index (χ0) is 31.3. The maximum atomic E-state index is 5.51. The molecule has 0 amide bonds. The number of fused-ring (bicyclic) bond motifs is 13. The van der Waals surface area contributed by atoms with Gasteiger partial charge in [0.2, 0.25) is 0 Å². The summed E-state index contributed by atoms with van der Waals surface area (Å²) < 4.78 is 2.51. The molecule has 0 aliphatic heterocycles. The second kappa shape index (κ2) is 9.73. The van der Waals surface area contributed by atoms with Crippen LogP contribution in [0.15, 0.2) is 146 Å². The van der Waals surface area contributed by atoms with Crippen LogP contribution in [0.5, 0.6) is 0 Å². The monoisotopic (exact) mass is 611 g/mol. The molecule has 0 bridgehead atoms. The SMILES string of the molecule is c1ccc(-c2nc([C@H]3CCc4c(ccc5ccccc45)-c4cc5c6ccccc6n6c7ccccc7c(c43)c56)c3ccccc3n2)cc1. The Labute approximate surface area is 277 Å². The summed E-state index contributed by atoms with van der Waals surface area (Å²) in [6.07, 6.45) is 1.91. The maximum Gasteiger partial charge on any atom is 0.160 e. The van der Waals surface area contributed by atoms with Crippen molar-refractivity contribution >= 4 is 59.8 Å². The van der Waals surface area contributed by atoms with E-state index < -0.39 is 0 Å². The maximum absolute atomic E-state index is 5.51. The number of hydrogen-bond donors (Lipinski definition) is 0. The number of nitrogens with zero attached hydrogens (tertiary/aromatic N) is 3. The third-order valence-electron chi connectivity index (χ3n) is 10.8. The molecule has 0 N–H and O–H groups in total. The van der Waals surface area contributed by atoms with Gasteiger partial charge in [-0.1, -0.05) is 121 Å². The first-order valence-corrected chi connectivity index (χ1v) is 16.9. The van der Waals surface area contributed by atoms with E-state index in [4.69, 9.17) is 9.97 Å². The highest BCUT2D eigenvalue weighted by atomic mass is 14.9. The average Bonchev–Trinajstić information content (AvgIpc) is 3.61. The Morgan fingerprint density at radius 1 is 0.542 bits per heavy atom. The Balaban J connectivity index is 1.34. The van der Waals surface area contributed by atoms with Crippen LogP contribution >= 0.6 is 0 Å². The van der Waals surface area contributed by atoms with Gasteiger partial charge in [0.1, 0.15) is 0 Å². The van der Waals surface area contributed by atoms with E-state index in [0.29, 0.717) is 0 Å². The van der Waals surface area contributed by atoms with Crippen molar-refractivity contribution in [1.82, 2.24) is 14.4 Å². The molecule has 3 heterocycles. The van der Waals surface area contributed by atoms with Crippen LogP contribution in [0.4, 0.5) is 0 Å². The highest BCUT2D eigenvalue weighted by Gasteiger charge is 2.33. The van der Waals surface area contributed by atoms with Crippen LogP contribution in [0.25, 0.3) is 82.3 Å². The Bertz CT molecular complexity index is 2900. The molecule has 3 nitrogen and oxygen atoms in total. The molecule has 3 heteroatoms. The Kier molecular flexibility index (Phi) is 5.28. The molecule has 0 saturated carbocycles. The van der Waals surface area contributed by atoms with Gasteiger partial charge in [-0.25, -0.2) is 9.97 Å². The zero-order valence-corrected chi connectivity index (χ0v) is 26.2. The van der Waals surface area contributed by atoms with Gasteiger partial charge in [-0.15, -0.1) is 0 Å². The molecule has 1 aliphatic carbocycles. The standard InChI is InChI=1S/C45H29N3/c1-2-13-28(14-3-1)45-46-38-19-9-6-17-33(38)43(47-45)35-25-24-30-29-15-5-4-12-27(29)22-23-31(30)36-26-37-32-16-7-10-20-39(32)48-40-21-11-8-18-34(40)42(41(35)36)44(37)48/h1-23,26,35H,24-25H2/t35-/m0/s1. The van der Waals surface area contributed by atoms with E-state index in [1.54, 1.807) is 0 Å². The van der Waals surface area contributed by atoms with E-state index in [-0.39, 0.29) is 5.92 Å². The van der Waals surface area contributed by atoms with Gasteiger partial charge in [-0.3, -0.25) is 0 Å². The molecule has 0 fully saturated rings. The molecular weight excluding hydrogens is 583 g/mol. The number of hydrogen-bond acceptors (Lipinski definition) is 2. The molecule has 3 aromatic heterocycles. The number of aromatic nitrogens is 3. The lowest BCUT2D eigenvalue weighted by molar-refractivity contribution is 0.716. The van der Waals surface area contributed by atoms with Gasteiger partial charge < -0.3 is 4.40 Å². The molecule has 1 aliphatic rings. The van der Waals surface area contributed by atoms with E-state index in [1.807, 2.05) is 0 Å². The zero-order valence-electron chi connectivity index (χ0n) is 26.2. The predicted octanol–water partition coefficient (Wildman–Crippen LogP) is 11.3. The summed E-state index contributed by atoms with van der Waals surface area (Å²) in [6.45, 7) is 0. The first-order chi connectivity index (χ1) is 23.8. The summed E-state index contributed by atoms with van der Waals surface area (Å²) in [5.74, 6) is 0.837. The van der Waals surface area contributed by atoms with Gasteiger partial charge in [-0.05, 0) is 70.1 Å². The highest BCUT2D eigenvalue weighted by Crippen LogP contribution is 2.52. The van der Waals surface area contributed by atoms with Crippen LogP contribution in [0.3, 0.4) is 0 Å². The molecule has 11 rings (SSSR count). The third-order valence-corrected chi connectivity index (χ3v) is 10.8. The topological polar surface area (TPSA) is 30.2 Å². The van der Waals surface area contributed by atoms with E-state index >= 15 is 0 Å². The molecular formula is C45H29N3. The molecule has 0 saturated heterocycles. The van der Waals surface area contributed by atoms with Crippen molar-refractivity contribution in [2.45, 2.75) is 18.8 Å². The van der Waals surface area contributed by atoms with Gasteiger partial charge >= 0.3 is 0 Å². The quantitative estimate of drug-likeness (QED) is 0.195. The van der Waals surface area contributed by atoms with E-state index in [9.17, 15) is 0 Å². The Morgan fingerprint density at radius 2 is 1.23 bits per heavy atom. The van der Waals surface area contributed by atoms with Gasteiger partial charge in [-0.2, -0.15) is 0 Å². The van der Waals surface area contributed by atoms with Gasteiger partial charge in [0.15, 0.2) is 5.82 Å².